The van der Waals surface area contributed by atoms with Crippen LogP contribution in [0.4, 0.5) is 5.69 Å². The fourth-order valence-electron chi connectivity index (χ4n) is 2.95. The van der Waals surface area contributed by atoms with E-state index in [4.69, 9.17) is 0 Å². The molecule has 128 valence electrons. The van der Waals surface area contributed by atoms with Gasteiger partial charge in [0, 0.05) is 18.8 Å². The van der Waals surface area contributed by atoms with Crippen LogP contribution in [0.2, 0.25) is 0 Å². The Balaban J connectivity index is 1.73. The molecule has 3 amide bonds. The van der Waals surface area contributed by atoms with Crippen LogP contribution in [0.5, 0.6) is 0 Å². The zero-order valence-electron chi connectivity index (χ0n) is 13.0. The Morgan fingerprint density at radius 1 is 1.25 bits per heavy atom. The number of anilines is 1. The Morgan fingerprint density at radius 3 is 2.67 bits per heavy atom. The molecular weight excluding hydrogens is 334 g/mol. The Morgan fingerprint density at radius 2 is 1.96 bits per heavy atom. The van der Waals surface area contributed by atoms with Crippen molar-refractivity contribution in [1.82, 2.24) is 9.62 Å². The second kappa shape index (κ2) is 5.99. The number of hydrogen-bond donors (Lipinski definition) is 2. The monoisotopic (exact) mass is 351 g/mol. The van der Waals surface area contributed by atoms with Crippen LogP contribution in [0.15, 0.2) is 18.2 Å². The maximum atomic E-state index is 12.4. The molecule has 1 saturated heterocycles. The van der Waals surface area contributed by atoms with Crippen LogP contribution in [0, 0.1) is 5.92 Å². The highest BCUT2D eigenvalue weighted by Crippen LogP contribution is 2.23. The van der Waals surface area contributed by atoms with Gasteiger partial charge >= 0.3 is 0 Å². The Kier molecular flexibility index (Phi) is 4.14. The van der Waals surface area contributed by atoms with Crippen molar-refractivity contribution in [3.63, 3.8) is 0 Å². The molecule has 0 unspecified atom stereocenters. The van der Waals surface area contributed by atoms with Gasteiger partial charge in [0.25, 0.3) is 11.8 Å². The highest BCUT2D eigenvalue weighted by atomic mass is 32.2. The molecule has 24 heavy (non-hydrogen) atoms. The van der Waals surface area contributed by atoms with Crippen LogP contribution >= 0.6 is 0 Å². The number of rotatable bonds is 3. The van der Waals surface area contributed by atoms with Crippen LogP contribution in [-0.2, 0) is 14.8 Å². The molecule has 0 saturated carbocycles. The van der Waals surface area contributed by atoms with Gasteiger partial charge in [0.2, 0.25) is 15.9 Å². The van der Waals surface area contributed by atoms with Crippen LogP contribution < -0.4 is 10.6 Å². The van der Waals surface area contributed by atoms with E-state index in [0.29, 0.717) is 25.1 Å². The van der Waals surface area contributed by atoms with E-state index in [1.165, 1.54) is 16.4 Å². The molecule has 0 aliphatic carbocycles. The number of imide groups is 1. The van der Waals surface area contributed by atoms with E-state index in [1.807, 2.05) is 0 Å². The summed E-state index contributed by atoms with van der Waals surface area (Å²) < 4.78 is 24.6. The molecule has 1 aromatic rings. The largest absolute Gasteiger partial charge is 0.326 e. The summed E-state index contributed by atoms with van der Waals surface area (Å²) in [6.45, 7) is 0.568. The minimum Gasteiger partial charge on any atom is -0.326 e. The molecule has 1 fully saturated rings. The first-order chi connectivity index (χ1) is 11.3. The topological polar surface area (TPSA) is 113 Å². The van der Waals surface area contributed by atoms with Gasteiger partial charge in [-0.1, -0.05) is 0 Å². The lowest BCUT2D eigenvalue weighted by atomic mass is 9.98. The molecule has 2 N–H and O–H groups in total. The van der Waals surface area contributed by atoms with E-state index in [1.54, 1.807) is 6.07 Å². The number of amides is 3. The number of carbonyl (C=O) groups excluding carboxylic acids is 3. The first kappa shape index (κ1) is 16.6. The van der Waals surface area contributed by atoms with E-state index in [9.17, 15) is 22.8 Å². The Bertz CT molecular complexity index is 834. The molecule has 0 radical (unpaired) electrons. The second-order valence-electron chi connectivity index (χ2n) is 5.99. The van der Waals surface area contributed by atoms with Gasteiger partial charge in [-0.15, -0.1) is 0 Å². The van der Waals surface area contributed by atoms with E-state index in [2.05, 4.69) is 10.6 Å². The van der Waals surface area contributed by atoms with Crippen molar-refractivity contribution in [1.29, 1.82) is 0 Å². The third-order valence-corrected chi connectivity index (χ3v) is 5.50. The lowest BCUT2D eigenvalue weighted by Crippen LogP contribution is -2.43. The number of fused-ring (bicyclic) bond motifs is 1. The number of carbonyl (C=O) groups is 3. The maximum absolute atomic E-state index is 12.4. The predicted molar refractivity (Wildman–Crippen MR) is 86.0 cm³/mol. The summed E-state index contributed by atoms with van der Waals surface area (Å²) in [5.41, 5.74) is 0.901. The number of hydrogen-bond acceptors (Lipinski definition) is 5. The van der Waals surface area contributed by atoms with Gasteiger partial charge in [-0.25, -0.2) is 12.7 Å². The highest BCUT2D eigenvalue weighted by molar-refractivity contribution is 7.88. The van der Waals surface area contributed by atoms with Gasteiger partial charge in [0.15, 0.2) is 0 Å². The van der Waals surface area contributed by atoms with E-state index >= 15 is 0 Å². The van der Waals surface area contributed by atoms with E-state index in [-0.39, 0.29) is 23.6 Å². The average Bonchev–Trinajstić information content (AvgIpc) is 2.81. The second-order valence-corrected chi connectivity index (χ2v) is 7.98. The Hall–Kier alpha value is -2.26. The summed E-state index contributed by atoms with van der Waals surface area (Å²) in [5.74, 6) is -1.69. The summed E-state index contributed by atoms with van der Waals surface area (Å²) in [5, 5.41) is 4.88. The van der Waals surface area contributed by atoms with Gasteiger partial charge in [-0.05, 0) is 31.0 Å². The van der Waals surface area contributed by atoms with E-state index < -0.39 is 27.8 Å². The van der Waals surface area contributed by atoms with Crippen molar-refractivity contribution in [2.45, 2.75) is 12.8 Å². The fraction of sp³-hybridized carbons (Fsp3) is 0.400. The quantitative estimate of drug-likeness (QED) is 0.755. The zero-order valence-corrected chi connectivity index (χ0v) is 13.9. The SMILES string of the molecule is CS(=O)(=O)N1CCC[C@@H](C(=O)Nc2ccc3c(c2)C(=O)NC3=O)C1. The summed E-state index contributed by atoms with van der Waals surface area (Å²) in [6.07, 6.45) is 2.34. The molecule has 3 rings (SSSR count). The fourth-order valence-corrected chi connectivity index (χ4v) is 3.86. The van der Waals surface area contributed by atoms with Crippen LogP contribution in [0.3, 0.4) is 0 Å². The van der Waals surface area contributed by atoms with Crippen LogP contribution in [0.25, 0.3) is 0 Å². The number of piperidine rings is 1. The molecule has 0 bridgehead atoms. The summed E-state index contributed by atoms with van der Waals surface area (Å²) in [4.78, 5) is 35.5. The summed E-state index contributed by atoms with van der Waals surface area (Å²) in [6, 6.07) is 4.48. The standard InChI is InChI=1S/C15H17N3O5S/c1-24(22,23)18-6-2-3-9(8-18)13(19)16-10-4-5-11-12(7-10)15(21)17-14(11)20/h4-5,7,9H,2-3,6,8H2,1H3,(H,16,19)(H,17,20,21)/t9-/m1/s1. The molecule has 0 spiro atoms. The minimum atomic E-state index is -3.32. The van der Waals surface area contributed by atoms with Crippen LogP contribution in [-0.4, -0.2) is 49.8 Å². The summed E-state index contributed by atoms with van der Waals surface area (Å²) >= 11 is 0. The normalized spacial score (nSPS) is 21.3. The van der Waals surface area contributed by atoms with Gasteiger partial charge in [0.05, 0.1) is 23.3 Å². The molecule has 8 nitrogen and oxygen atoms in total. The molecule has 0 aromatic heterocycles. The molecule has 2 heterocycles. The Labute approximate surface area is 139 Å². The third-order valence-electron chi connectivity index (χ3n) is 4.23. The molecular formula is C15H17N3O5S. The highest BCUT2D eigenvalue weighted by Gasteiger charge is 2.31. The van der Waals surface area contributed by atoms with Crippen LogP contribution in [0.1, 0.15) is 33.6 Å². The van der Waals surface area contributed by atoms with Gasteiger partial charge in [0.1, 0.15) is 0 Å². The zero-order chi connectivity index (χ0) is 17.5. The first-order valence-corrected chi connectivity index (χ1v) is 9.36. The molecule has 9 heteroatoms. The maximum Gasteiger partial charge on any atom is 0.259 e. The van der Waals surface area contributed by atoms with Crippen molar-refractivity contribution in [2.24, 2.45) is 5.92 Å². The van der Waals surface area contributed by atoms with Crippen molar-refractivity contribution < 1.29 is 22.8 Å². The smallest absolute Gasteiger partial charge is 0.259 e. The van der Waals surface area contributed by atoms with Crippen molar-refractivity contribution in [2.75, 3.05) is 24.7 Å². The summed E-state index contributed by atoms with van der Waals surface area (Å²) in [7, 11) is -3.32. The average molecular weight is 351 g/mol. The van der Waals surface area contributed by atoms with Crippen molar-refractivity contribution >= 4 is 33.4 Å². The van der Waals surface area contributed by atoms with Gasteiger partial charge in [-0.3, -0.25) is 19.7 Å². The number of nitrogens with zero attached hydrogens (tertiary/aromatic N) is 1. The molecule has 1 atom stereocenters. The van der Waals surface area contributed by atoms with Gasteiger partial charge < -0.3 is 5.32 Å². The third kappa shape index (κ3) is 3.17. The number of benzene rings is 1. The molecule has 2 aliphatic heterocycles. The number of sulfonamides is 1. The van der Waals surface area contributed by atoms with E-state index in [0.717, 1.165) is 6.26 Å². The lowest BCUT2D eigenvalue weighted by Gasteiger charge is -2.30. The predicted octanol–water partition coefficient (Wildman–Crippen LogP) is 0.180. The first-order valence-electron chi connectivity index (χ1n) is 7.51. The van der Waals surface area contributed by atoms with Crippen molar-refractivity contribution in [3.8, 4) is 0 Å². The van der Waals surface area contributed by atoms with Gasteiger partial charge in [-0.2, -0.15) is 0 Å². The lowest BCUT2D eigenvalue weighted by molar-refractivity contribution is -0.120. The van der Waals surface area contributed by atoms with Crippen molar-refractivity contribution in [3.05, 3.63) is 29.3 Å². The molecule has 1 aromatic carbocycles. The minimum absolute atomic E-state index is 0.147. The molecule has 2 aliphatic rings. The number of nitrogens with one attached hydrogen (secondary N) is 2.